The van der Waals surface area contributed by atoms with E-state index in [1.54, 1.807) is 10.7 Å². The number of nitrogens with one attached hydrogen (secondary N) is 2. The average Bonchev–Trinajstić information content (AvgIpc) is 2.32. The van der Waals surface area contributed by atoms with Gasteiger partial charge in [0.15, 0.2) is 21.7 Å². The van der Waals surface area contributed by atoms with Gasteiger partial charge in [-0.05, 0) is 133 Å². The Hall–Kier alpha value is -7.97. The molecule has 2 saturated heterocycles. The van der Waals surface area contributed by atoms with Gasteiger partial charge in [0, 0.05) is 89.8 Å². The second-order valence-electron chi connectivity index (χ2n) is 23.0. The highest BCUT2D eigenvalue weighted by Gasteiger charge is 2.44. The van der Waals surface area contributed by atoms with Crippen molar-refractivity contribution in [2.75, 3.05) is 30.3 Å². The predicted molar refractivity (Wildman–Crippen MR) is 343 cm³/mol. The molecule has 88 heavy (non-hydrogen) atoms. The molecular formula is C63H70N16O5S4. The smallest absolute Gasteiger partial charge is 0.274 e. The fourth-order valence-corrected chi connectivity index (χ4v) is 16.5. The van der Waals surface area contributed by atoms with Crippen LogP contribution in [0.4, 0.5) is 10.0 Å². The van der Waals surface area contributed by atoms with Crippen LogP contribution in [-0.4, -0.2) is 124 Å². The monoisotopic (exact) mass is 1260 g/mol. The first-order valence-electron chi connectivity index (χ1n) is 29.8. The van der Waals surface area contributed by atoms with Gasteiger partial charge in [-0.1, -0.05) is 72.1 Å². The van der Waals surface area contributed by atoms with Gasteiger partial charge in [0.2, 0.25) is 11.8 Å². The Morgan fingerprint density at radius 1 is 0.727 bits per heavy atom. The molecule has 25 heteroatoms. The third-order valence-corrected chi connectivity index (χ3v) is 21.4. The van der Waals surface area contributed by atoms with Crippen molar-refractivity contribution in [2.45, 2.75) is 131 Å². The third kappa shape index (κ3) is 13.0. The molecule has 2 unspecified atom stereocenters. The first-order valence-corrected chi connectivity index (χ1v) is 33.2. The maximum atomic E-state index is 13.1. The second kappa shape index (κ2) is 26.0. The summed E-state index contributed by atoms with van der Waals surface area (Å²) in [5.74, 6) is 1.77. The van der Waals surface area contributed by atoms with Crippen LogP contribution in [0.15, 0.2) is 108 Å². The number of nitrogens with zero attached hydrogens (tertiary/aromatic N) is 12. The van der Waals surface area contributed by atoms with Crippen molar-refractivity contribution in [3.05, 3.63) is 164 Å². The number of likely N-dealkylation sites (tertiary alicyclic amines) is 2. The Bertz CT molecular complexity index is 4070. The SMILES string of the molecule is CC(Sc1nccn1-c1ccccc1)C(=O)Nc1sc2c(c1C(N)=O)CCC2.CC(Sc1nnc(C2CC2)n1Cc1ccccc1)C(=O)Nc1sc2c(c1C(N)=O)CCC2.Cc1cc(C)n2nc(C(=O)N3C[C@@H]4CCN(Cc5nccn5C)[C@@H]4C3)cc2n1. The molecule has 2 aliphatic heterocycles. The van der Waals surface area contributed by atoms with Gasteiger partial charge in [0.1, 0.15) is 21.7 Å². The van der Waals surface area contributed by atoms with Gasteiger partial charge in [-0.15, -0.1) is 32.9 Å². The number of aromatic nitrogens is 10. The van der Waals surface area contributed by atoms with E-state index in [0.717, 1.165) is 150 Å². The summed E-state index contributed by atoms with van der Waals surface area (Å²) in [4.78, 5) is 82.9. The van der Waals surface area contributed by atoms with Crippen molar-refractivity contribution in [1.82, 2.24) is 58.3 Å². The van der Waals surface area contributed by atoms with Crippen LogP contribution >= 0.6 is 46.2 Å². The van der Waals surface area contributed by atoms with Crippen LogP contribution in [-0.2, 0) is 55.4 Å². The predicted octanol–water partition coefficient (Wildman–Crippen LogP) is 9.04. The van der Waals surface area contributed by atoms with Crippen molar-refractivity contribution >= 4 is 91.4 Å². The van der Waals surface area contributed by atoms with E-state index in [2.05, 4.69) is 67.0 Å². The van der Waals surface area contributed by atoms with Crippen LogP contribution in [0.2, 0.25) is 0 Å². The lowest BCUT2D eigenvalue weighted by molar-refractivity contribution is -0.116. The van der Waals surface area contributed by atoms with E-state index in [9.17, 15) is 24.0 Å². The van der Waals surface area contributed by atoms with Crippen molar-refractivity contribution in [2.24, 2.45) is 24.4 Å². The summed E-state index contributed by atoms with van der Waals surface area (Å²) in [6.07, 6.45) is 16.4. The largest absolute Gasteiger partial charge is 0.365 e. The molecule has 0 radical (unpaired) electrons. The van der Waals surface area contributed by atoms with Gasteiger partial charge in [0.05, 0.1) is 34.7 Å². The minimum absolute atomic E-state index is 0.00824. The van der Waals surface area contributed by atoms with Gasteiger partial charge >= 0.3 is 0 Å². The molecule has 21 nitrogen and oxygen atoms in total. The molecule has 9 heterocycles. The summed E-state index contributed by atoms with van der Waals surface area (Å²) in [6, 6.07) is 24.3. The summed E-state index contributed by atoms with van der Waals surface area (Å²) >= 11 is 5.71. The number of carbonyl (C=O) groups is 5. The van der Waals surface area contributed by atoms with Crippen molar-refractivity contribution in [1.29, 1.82) is 0 Å². The number of hydrogen-bond acceptors (Lipinski definition) is 16. The summed E-state index contributed by atoms with van der Waals surface area (Å²) in [5.41, 5.74) is 19.5. The Kier molecular flexibility index (Phi) is 17.8. The molecule has 9 aromatic rings. The molecule has 0 bridgehead atoms. The standard InChI is InChI=1S/C23H25N5O2S2.C20H25N7O.C20H20N4O2S2/c1-13(21(30)25-22-18(19(24)29)16-8-5-9-17(16)32-22)31-23-27-26-20(15-10-11-15)28(23)12-14-6-3-2-4-7-14;1-13-8-14(2)27-18(22-13)9-16(23-27)20(28)26-10-15-4-6-25(17(15)11-26)12-19-21-5-7-24(19)3;1-12(27-20-22-10-11-24(20)13-6-3-2-4-7-13)18(26)23-19-16(17(21)25)14-8-5-9-15(14)28-19/h2-4,6-7,13,15H,5,8-12H2,1H3,(H2,24,29)(H,25,30);5,7-9,15,17H,4,6,10-12H2,1-3H3;2-4,6-7,10-12H,5,8-9H2,1H3,(H2,21,25)(H,23,26)/t;15-,17+;/m.0./s1. The summed E-state index contributed by atoms with van der Waals surface area (Å²) < 4.78 is 7.91. The first-order chi connectivity index (χ1) is 42.5. The van der Waals surface area contributed by atoms with E-state index in [1.165, 1.54) is 51.8 Å². The first kappa shape index (κ1) is 60.3. The number of thiophene rings is 2. The maximum Gasteiger partial charge on any atom is 0.274 e. The topological polar surface area (TPSA) is 264 Å². The maximum absolute atomic E-state index is 13.1. The second-order valence-corrected chi connectivity index (χ2v) is 27.9. The number of nitrogens with two attached hydrogens (primary N) is 2. The Morgan fingerprint density at radius 3 is 1.97 bits per heavy atom. The highest BCUT2D eigenvalue weighted by Crippen LogP contribution is 2.43. The fourth-order valence-electron chi connectivity index (χ4n) is 12.2. The number of carbonyl (C=O) groups excluding carboxylic acids is 5. The van der Waals surface area contributed by atoms with Gasteiger partial charge in [-0.25, -0.2) is 19.5 Å². The van der Waals surface area contributed by atoms with E-state index < -0.39 is 17.1 Å². The van der Waals surface area contributed by atoms with Crippen LogP contribution in [0.1, 0.15) is 133 Å². The molecule has 456 valence electrons. The van der Waals surface area contributed by atoms with Crippen LogP contribution in [0.5, 0.6) is 0 Å². The molecule has 0 spiro atoms. The van der Waals surface area contributed by atoms with Gasteiger partial charge in [0.25, 0.3) is 17.7 Å². The van der Waals surface area contributed by atoms with Crippen LogP contribution in [0, 0.1) is 19.8 Å². The minimum atomic E-state index is -0.477. The van der Waals surface area contributed by atoms with E-state index in [4.69, 9.17) is 11.5 Å². The molecule has 3 fully saturated rings. The van der Waals surface area contributed by atoms with E-state index >= 15 is 0 Å². The Balaban J connectivity index is 0.000000129. The van der Waals surface area contributed by atoms with Crippen LogP contribution in [0.25, 0.3) is 11.3 Å². The molecule has 4 atom stereocenters. The number of primary amides is 2. The lowest BCUT2D eigenvalue weighted by Crippen LogP contribution is -2.37. The molecule has 3 aliphatic carbocycles. The van der Waals surface area contributed by atoms with E-state index in [-0.39, 0.29) is 23.0 Å². The number of rotatable bonds is 17. The molecule has 5 aliphatic rings. The molecule has 14 rings (SSSR count). The number of imidazole rings is 2. The van der Waals surface area contributed by atoms with Crippen LogP contribution in [0.3, 0.4) is 0 Å². The third-order valence-electron chi connectivity index (χ3n) is 16.8. The highest BCUT2D eigenvalue weighted by molar-refractivity contribution is 8.00. The number of fused-ring (bicyclic) bond motifs is 4. The van der Waals surface area contributed by atoms with E-state index in [0.29, 0.717) is 51.2 Å². The van der Waals surface area contributed by atoms with Crippen molar-refractivity contribution in [3.8, 4) is 5.69 Å². The zero-order chi connectivity index (χ0) is 61.3. The van der Waals surface area contributed by atoms with Crippen molar-refractivity contribution < 1.29 is 24.0 Å². The lowest BCUT2D eigenvalue weighted by Gasteiger charge is -2.24. The highest BCUT2D eigenvalue weighted by atomic mass is 32.2. The van der Waals surface area contributed by atoms with Gasteiger partial charge in [-0.3, -0.25) is 33.4 Å². The Morgan fingerprint density at radius 2 is 1.35 bits per heavy atom. The normalized spacial score (nSPS) is 17.4. The van der Waals surface area contributed by atoms with Crippen LogP contribution < -0.4 is 22.1 Å². The molecular weight excluding hydrogens is 1190 g/mol. The van der Waals surface area contributed by atoms with Gasteiger partial charge in [-0.2, -0.15) is 5.10 Å². The average molecular weight is 1260 g/mol. The number of hydrogen-bond donors (Lipinski definition) is 4. The number of aryl methyl sites for hydroxylation is 5. The number of amides is 5. The number of thioether (sulfide) groups is 2. The molecule has 1 saturated carbocycles. The number of anilines is 2. The zero-order valence-electron chi connectivity index (χ0n) is 49.7. The molecule has 6 N–H and O–H groups in total. The van der Waals surface area contributed by atoms with Gasteiger partial charge < -0.3 is 36.1 Å². The molecule has 2 aromatic carbocycles. The summed E-state index contributed by atoms with van der Waals surface area (Å²) in [6.45, 7) is 11.8. The quantitative estimate of drug-likeness (QED) is 0.0620. The van der Waals surface area contributed by atoms with E-state index in [1.807, 2.05) is 123 Å². The minimum Gasteiger partial charge on any atom is -0.365 e. The number of para-hydroxylation sites is 1. The Labute approximate surface area is 526 Å². The molecule has 5 amide bonds. The number of benzene rings is 2. The fraction of sp³-hybridized carbons (Fsp3) is 0.381. The zero-order valence-corrected chi connectivity index (χ0v) is 53.0. The summed E-state index contributed by atoms with van der Waals surface area (Å²) in [5, 5.41) is 21.1. The summed E-state index contributed by atoms with van der Waals surface area (Å²) in [7, 11) is 2.03. The van der Waals surface area contributed by atoms with Crippen molar-refractivity contribution in [3.63, 3.8) is 0 Å². The lowest BCUT2D eigenvalue weighted by atomic mass is 10.1. The molecule has 7 aromatic heterocycles.